The van der Waals surface area contributed by atoms with Gasteiger partial charge < -0.3 is 21.1 Å². The van der Waals surface area contributed by atoms with E-state index in [-0.39, 0.29) is 11.8 Å². The highest BCUT2D eigenvalue weighted by Crippen LogP contribution is 2.28. The first-order valence-electron chi connectivity index (χ1n) is 8.10. The normalized spacial score (nSPS) is 10.2. The summed E-state index contributed by atoms with van der Waals surface area (Å²) in [6, 6.07) is 12.4. The van der Waals surface area contributed by atoms with Crippen molar-refractivity contribution in [3.05, 3.63) is 53.6 Å². The average Bonchev–Trinajstić information content (AvgIpc) is 2.61. The third-order valence-corrected chi connectivity index (χ3v) is 3.73. The molecular formula is C19H23N3O3. The molecule has 0 bridgehead atoms. The second-order valence-corrected chi connectivity index (χ2v) is 5.62. The largest absolute Gasteiger partial charge is 0.494 e. The molecule has 0 aliphatic rings. The molecule has 0 radical (unpaired) electrons. The van der Waals surface area contributed by atoms with Crippen molar-refractivity contribution in [3.8, 4) is 5.75 Å². The number of ether oxygens (including phenoxy) is 1. The highest BCUT2D eigenvalue weighted by molar-refractivity contribution is 6.06. The van der Waals surface area contributed by atoms with Gasteiger partial charge in [0.05, 0.1) is 12.8 Å². The molecule has 0 saturated heterocycles. The molecule has 0 aromatic heterocycles. The van der Waals surface area contributed by atoms with Gasteiger partial charge in [-0.25, -0.2) is 0 Å². The van der Waals surface area contributed by atoms with Crippen LogP contribution in [0.3, 0.4) is 0 Å². The number of carbonyl (C=O) groups excluding carboxylic acids is 2. The van der Waals surface area contributed by atoms with Crippen molar-refractivity contribution in [2.24, 2.45) is 5.73 Å². The summed E-state index contributed by atoms with van der Waals surface area (Å²) in [6.45, 7) is 2.35. The van der Waals surface area contributed by atoms with Crippen LogP contribution in [0.4, 0.5) is 11.4 Å². The number of amides is 2. The number of aryl methyl sites for hydroxylation is 1. The quantitative estimate of drug-likeness (QED) is 0.722. The molecule has 25 heavy (non-hydrogen) atoms. The molecule has 0 fully saturated rings. The molecule has 4 N–H and O–H groups in total. The molecule has 132 valence electrons. The molecule has 0 aliphatic heterocycles. The maximum absolute atomic E-state index is 12.4. The summed E-state index contributed by atoms with van der Waals surface area (Å²) in [7, 11) is 1.51. The van der Waals surface area contributed by atoms with Gasteiger partial charge in [0, 0.05) is 23.7 Å². The minimum absolute atomic E-state index is 0.107. The Hall–Kier alpha value is -2.86. The molecule has 0 heterocycles. The molecular weight excluding hydrogens is 318 g/mol. The van der Waals surface area contributed by atoms with Gasteiger partial charge in [-0.05, 0) is 43.7 Å². The van der Waals surface area contributed by atoms with Crippen LogP contribution in [0.15, 0.2) is 42.5 Å². The molecule has 6 heteroatoms. The number of carbonyl (C=O) groups is 2. The molecule has 2 aromatic rings. The van der Waals surface area contributed by atoms with E-state index in [1.54, 1.807) is 24.3 Å². The predicted molar refractivity (Wildman–Crippen MR) is 99.0 cm³/mol. The SMILES string of the molecule is COc1cc(NC(=O)CCCN)ccc1NC(=O)c1ccccc1C. The van der Waals surface area contributed by atoms with E-state index in [2.05, 4.69) is 10.6 Å². The van der Waals surface area contributed by atoms with Crippen molar-refractivity contribution in [2.45, 2.75) is 19.8 Å². The van der Waals surface area contributed by atoms with Crippen molar-refractivity contribution in [1.82, 2.24) is 0 Å². The van der Waals surface area contributed by atoms with Gasteiger partial charge in [-0.15, -0.1) is 0 Å². The van der Waals surface area contributed by atoms with E-state index in [1.807, 2.05) is 25.1 Å². The molecule has 2 amide bonds. The van der Waals surface area contributed by atoms with Gasteiger partial charge in [0.15, 0.2) is 0 Å². The van der Waals surface area contributed by atoms with E-state index in [0.29, 0.717) is 42.1 Å². The average molecular weight is 341 g/mol. The van der Waals surface area contributed by atoms with E-state index in [4.69, 9.17) is 10.5 Å². The zero-order valence-corrected chi connectivity index (χ0v) is 14.5. The van der Waals surface area contributed by atoms with Gasteiger partial charge in [-0.3, -0.25) is 9.59 Å². The van der Waals surface area contributed by atoms with Crippen LogP contribution in [0.25, 0.3) is 0 Å². The molecule has 6 nitrogen and oxygen atoms in total. The smallest absolute Gasteiger partial charge is 0.256 e. The summed E-state index contributed by atoms with van der Waals surface area (Å²) in [6.07, 6.45) is 0.998. The fraction of sp³-hybridized carbons (Fsp3) is 0.263. The van der Waals surface area contributed by atoms with Crippen LogP contribution in [-0.2, 0) is 4.79 Å². The Labute approximate surface area is 147 Å². The van der Waals surface area contributed by atoms with Gasteiger partial charge in [0.25, 0.3) is 5.91 Å². The Kier molecular flexibility index (Phi) is 6.54. The van der Waals surface area contributed by atoms with Gasteiger partial charge in [0.2, 0.25) is 5.91 Å². The summed E-state index contributed by atoms with van der Waals surface area (Å²) in [5.41, 5.74) is 8.03. The Morgan fingerprint density at radius 3 is 2.56 bits per heavy atom. The van der Waals surface area contributed by atoms with Crippen molar-refractivity contribution < 1.29 is 14.3 Å². The van der Waals surface area contributed by atoms with Crippen molar-refractivity contribution in [1.29, 1.82) is 0 Å². The molecule has 0 aliphatic carbocycles. The van der Waals surface area contributed by atoms with Crippen LogP contribution in [0.1, 0.15) is 28.8 Å². The fourth-order valence-corrected chi connectivity index (χ4v) is 2.38. The lowest BCUT2D eigenvalue weighted by Gasteiger charge is -2.13. The highest BCUT2D eigenvalue weighted by atomic mass is 16.5. The number of hydrogen-bond acceptors (Lipinski definition) is 4. The van der Waals surface area contributed by atoms with E-state index < -0.39 is 0 Å². The number of benzene rings is 2. The Morgan fingerprint density at radius 1 is 1.12 bits per heavy atom. The third-order valence-electron chi connectivity index (χ3n) is 3.73. The Bertz CT molecular complexity index is 759. The number of nitrogens with one attached hydrogen (secondary N) is 2. The Balaban J connectivity index is 2.12. The number of rotatable bonds is 7. The van der Waals surface area contributed by atoms with E-state index in [0.717, 1.165) is 5.56 Å². The lowest BCUT2D eigenvalue weighted by Crippen LogP contribution is -2.15. The van der Waals surface area contributed by atoms with Crippen molar-refractivity contribution >= 4 is 23.2 Å². The zero-order chi connectivity index (χ0) is 18.2. The highest BCUT2D eigenvalue weighted by Gasteiger charge is 2.12. The second-order valence-electron chi connectivity index (χ2n) is 5.62. The van der Waals surface area contributed by atoms with Crippen LogP contribution in [0, 0.1) is 6.92 Å². The minimum Gasteiger partial charge on any atom is -0.494 e. The van der Waals surface area contributed by atoms with E-state index in [1.165, 1.54) is 7.11 Å². The van der Waals surface area contributed by atoms with Crippen LogP contribution in [-0.4, -0.2) is 25.5 Å². The summed E-state index contributed by atoms with van der Waals surface area (Å²) in [5, 5.41) is 5.63. The van der Waals surface area contributed by atoms with E-state index in [9.17, 15) is 9.59 Å². The minimum atomic E-state index is -0.212. The first-order valence-corrected chi connectivity index (χ1v) is 8.10. The molecule has 0 spiro atoms. The summed E-state index contributed by atoms with van der Waals surface area (Å²) < 4.78 is 5.33. The molecule has 0 atom stereocenters. The zero-order valence-electron chi connectivity index (χ0n) is 14.5. The molecule has 0 saturated carbocycles. The summed E-state index contributed by atoms with van der Waals surface area (Å²) >= 11 is 0. The molecule has 0 unspecified atom stereocenters. The Morgan fingerprint density at radius 2 is 1.88 bits per heavy atom. The number of hydrogen-bond donors (Lipinski definition) is 3. The van der Waals surface area contributed by atoms with Crippen LogP contribution in [0.5, 0.6) is 5.75 Å². The maximum Gasteiger partial charge on any atom is 0.256 e. The first kappa shape index (κ1) is 18.5. The van der Waals surface area contributed by atoms with Crippen LogP contribution >= 0.6 is 0 Å². The number of methoxy groups -OCH3 is 1. The lowest BCUT2D eigenvalue weighted by molar-refractivity contribution is -0.116. The van der Waals surface area contributed by atoms with Gasteiger partial charge in [-0.2, -0.15) is 0 Å². The third kappa shape index (κ3) is 5.06. The van der Waals surface area contributed by atoms with Crippen LogP contribution < -0.4 is 21.1 Å². The molecule has 2 rings (SSSR count). The predicted octanol–water partition coefficient (Wildman–Crippen LogP) is 2.93. The molecule has 2 aromatic carbocycles. The number of anilines is 2. The van der Waals surface area contributed by atoms with Gasteiger partial charge in [0.1, 0.15) is 5.75 Å². The van der Waals surface area contributed by atoms with E-state index >= 15 is 0 Å². The maximum atomic E-state index is 12.4. The summed E-state index contributed by atoms with van der Waals surface area (Å²) in [4.78, 5) is 24.2. The fourth-order valence-electron chi connectivity index (χ4n) is 2.38. The van der Waals surface area contributed by atoms with Gasteiger partial charge in [-0.1, -0.05) is 18.2 Å². The van der Waals surface area contributed by atoms with Crippen LogP contribution in [0.2, 0.25) is 0 Å². The van der Waals surface area contributed by atoms with Crippen molar-refractivity contribution in [2.75, 3.05) is 24.3 Å². The monoisotopic (exact) mass is 341 g/mol. The standard InChI is InChI=1S/C19H23N3O3/c1-13-6-3-4-7-15(13)19(24)22-16-10-9-14(12-17(16)25-2)21-18(23)8-5-11-20/h3-4,6-7,9-10,12H,5,8,11,20H2,1-2H3,(H,21,23)(H,22,24). The van der Waals surface area contributed by atoms with Crippen molar-refractivity contribution in [3.63, 3.8) is 0 Å². The van der Waals surface area contributed by atoms with Gasteiger partial charge >= 0.3 is 0 Å². The lowest BCUT2D eigenvalue weighted by atomic mass is 10.1. The summed E-state index contributed by atoms with van der Waals surface area (Å²) in [5.74, 6) is 0.152. The number of nitrogens with two attached hydrogens (primary N) is 1. The topological polar surface area (TPSA) is 93.4 Å². The first-order chi connectivity index (χ1) is 12.0. The second kappa shape index (κ2) is 8.84.